The first-order valence-corrected chi connectivity index (χ1v) is 6.75. The van der Waals surface area contributed by atoms with Gasteiger partial charge in [0, 0.05) is 19.7 Å². The van der Waals surface area contributed by atoms with Crippen LogP contribution < -0.4 is 5.32 Å². The SMILES string of the molecule is COC(=O)c1ccc(CNCC2CCCOC2)cc1. The minimum atomic E-state index is -0.293. The molecule has 1 aliphatic heterocycles. The van der Waals surface area contributed by atoms with E-state index in [0.29, 0.717) is 11.5 Å². The van der Waals surface area contributed by atoms with E-state index in [2.05, 4.69) is 10.1 Å². The van der Waals surface area contributed by atoms with Crippen molar-refractivity contribution in [3.63, 3.8) is 0 Å². The van der Waals surface area contributed by atoms with Crippen LogP contribution in [0.2, 0.25) is 0 Å². The lowest BCUT2D eigenvalue weighted by atomic mass is 10.0. The number of carbonyl (C=O) groups excluding carboxylic acids is 1. The van der Waals surface area contributed by atoms with Crippen LogP contribution in [0.25, 0.3) is 0 Å². The number of nitrogens with one attached hydrogen (secondary N) is 1. The maximum Gasteiger partial charge on any atom is 0.337 e. The minimum Gasteiger partial charge on any atom is -0.465 e. The van der Waals surface area contributed by atoms with E-state index in [-0.39, 0.29) is 5.97 Å². The predicted molar refractivity (Wildman–Crippen MR) is 73.0 cm³/mol. The average Bonchev–Trinajstić information content (AvgIpc) is 2.48. The molecule has 4 heteroatoms. The van der Waals surface area contributed by atoms with Crippen LogP contribution in [0.15, 0.2) is 24.3 Å². The monoisotopic (exact) mass is 263 g/mol. The fraction of sp³-hybridized carbons (Fsp3) is 0.533. The van der Waals surface area contributed by atoms with Gasteiger partial charge in [-0.1, -0.05) is 12.1 Å². The Balaban J connectivity index is 1.75. The van der Waals surface area contributed by atoms with Gasteiger partial charge in [-0.25, -0.2) is 4.79 Å². The first-order valence-electron chi connectivity index (χ1n) is 6.75. The molecule has 1 saturated heterocycles. The van der Waals surface area contributed by atoms with E-state index >= 15 is 0 Å². The van der Waals surface area contributed by atoms with Crippen molar-refractivity contribution in [2.45, 2.75) is 19.4 Å². The summed E-state index contributed by atoms with van der Waals surface area (Å²) in [6, 6.07) is 7.51. The molecule has 104 valence electrons. The summed E-state index contributed by atoms with van der Waals surface area (Å²) < 4.78 is 10.1. The molecule has 0 bridgehead atoms. The van der Waals surface area contributed by atoms with Crippen LogP contribution in [0.4, 0.5) is 0 Å². The van der Waals surface area contributed by atoms with Crippen molar-refractivity contribution >= 4 is 5.97 Å². The van der Waals surface area contributed by atoms with Crippen molar-refractivity contribution in [1.29, 1.82) is 0 Å². The third-order valence-corrected chi connectivity index (χ3v) is 3.39. The fourth-order valence-electron chi connectivity index (χ4n) is 2.27. The lowest BCUT2D eigenvalue weighted by Gasteiger charge is -2.22. The van der Waals surface area contributed by atoms with E-state index in [1.54, 1.807) is 12.1 Å². The van der Waals surface area contributed by atoms with E-state index in [9.17, 15) is 4.79 Å². The van der Waals surface area contributed by atoms with Crippen LogP contribution >= 0.6 is 0 Å². The zero-order valence-electron chi connectivity index (χ0n) is 11.4. The van der Waals surface area contributed by atoms with Gasteiger partial charge in [0.1, 0.15) is 0 Å². The van der Waals surface area contributed by atoms with Crippen LogP contribution in [-0.2, 0) is 16.0 Å². The van der Waals surface area contributed by atoms with Crippen molar-refractivity contribution in [3.8, 4) is 0 Å². The molecular weight excluding hydrogens is 242 g/mol. The van der Waals surface area contributed by atoms with E-state index in [0.717, 1.165) is 26.3 Å². The molecule has 1 unspecified atom stereocenters. The van der Waals surface area contributed by atoms with Crippen LogP contribution in [0.5, 0.6) is 0 Å². The summed E-state index contributed by atoms with van der Waals surface area (Å²) in [5.41, 5.74) is 1.76. The Morgan fingerprint density at radius 2 is 2.21 bits per heavy atom. The Kier molecular flexibility index (Phi) is 5.36. The Morgan fingerprint density at radius 1 is 1.42 bits per heavy atom. The standard InChI is InChI=1S/C15H21NO3/c1-18-15(17)14-6-4-12(5-7-14)9-16-10-13-3-2-8-19-11-13/h4-7,13,16H,2-3,8-11H2,1H3. The van der Waals surface area contributed by atoms with E-state index in [1.165, 1.54) is 25.5 Å². The van der Waals surface area contributed by atoms with Gasteiger partial charge in [-0.15, -0.1) is 0 Å². The summed E-state index contributed by atoms with van der Waals surface area (Å²) in [7, 11) is 1.39. The van der Waals surface area contributed by atoms with E-state index in [1.807, 2.05) is 12.1 Å². The molecule has 2 rings (SSSR count). The summed E-state index contributed by atoms with van der Waals surface area (Å²) in [6.45, 7) is 3.58. The van der Waals surface area contributed by atoms with Crippen LogP contribution in [0.3, 0.4) is 0 Å². The summed E-state index contributed by atoms with van der Waals surface area (Å²) in [4.78, 5) is 11.3. The summed E-state index contributed by atoms with van der Waals surface area (Å²) in [6.07, 6.45) is 2.41. The van der Waals surface area contributed by atoms with Gasteiger partial charge < -0.3 is 14.8 Å². The smallest absolute Gasteiger partial charge is 0.337 e. The molecule has 0 saturated carbocycles. The van der Waals surface area contributed by atoms with E-state index in [4.69, 9.17) is 4.74 Å². The highest BCUT2D eigenvalue weighted by Crippen LogP contribution is 2.12. The van der Waals surface area contributed by atoms with Gasteiger partial charge in [0.2, 0.25) is 0 Å². The lowest BCUT2D eigenvalue weighted by molar-refractivity contribution is 0.0547. The molecule has 19 heavy (non-hydrogen) atoms. The molecule has 1 heterocycles. The second-order valence-electron chi connectivity index (χ2n) is 4.90. The molecule has 0 amide bonds. The first-order chi connectivity index (χ1) is 9.29. The second kappa shape index (κ2) is 7.26. The fourth-order valence-corrected chi connectivity index (χ4v) is 2.27. The normalized spacial score (nSPS) is 19.1. The molecule has 0 radical (unpaired) electrons. The lowest BCUT2D eigenvalue weighted by Crippen LogP contribution is -2.28. The summed E-state index contributed by atoms with van der Waals surface area (Å²) >= 11 is 0. The molecule has 0 aromatic heterocycles. The third kappa shape index (κ3) is 4.33. The zero-order chi connectivity index (χ0) is 13.5. The van der Waals surface area contributed by atoms with Gasteiger partial charge in [0.15, 0.2) is 0 Å². The van der Waals surface area contributed by atoms with Gasteiger partial charge >= 0.3 is 5.97 Å². The number of rotatable bonds is 5. The Hall–Kier alpha value is -1.39. The maximum atomic E-state index is 11.3. The van der Waals surface area contributed by atoms with Crippen LogP contribution in [0, 0.1) is 5.92 Å². The van der Waals surface area contributed by atoms with Gasteiger partial charge in [0.25, 0.3) is 0 Å². The van der Waals surface area contributed by atoms with Crippen molar-refractivity contribution in [2.24, 2.45) is 5.92 Å². The molecule has 1 atom stereocenters. The first kappa shape index (κ1) is 14.0. The van der Waals surface area contributed by atoms with Crippen LogP contribution in [-0.4, -0.2) is 32.8 Å². The number of methoxy groups -OCH3 is 1. The zero-order valence-corrected chi connectivity index (χ0v) is 11.4. The van der Waals surface area contributed by atoms with Crippen LogP contribution in [0.1, 0.15) is 28.8 Å². The maximum absolute atomic E-state index is 11.3. The quantitative estimate of drug-likeness (QED) is 0.825. The number of hydrogen-bond donors (Lipinski definition) is 1. The molecule has 1 fully saturated rings. The topological polar surface area (TPSA) is 47.6 Å². The van der Waals surface area contributed by atoms with Crippen molar-refractivity contribution in [1.82, 2.24) is 5.32 Å². The highest BCUT2D eigenvalue weighted by atomic mass is 16.5. The third-order valence-electron chi connectivity index (χ3n) is 3.39. The van der Waals surface area contributed by atoms with Crippen molar-refractivity contribution in [3.05, 3.63) is 35.4 Å². The van der Waals surface area contributed by atoms with Gasteiger partial charge in [-0.2, -0.15) is 0 Å². The summed E-state index contributed by atoms with van der Waals surface area (Å²) in [5.74, 6) is 0.335. The van der Waals surface area contributed by atoms with E-state index < -0.39 is 0 Å². The molecule has 0 aliphatic carbocycles. The molecule has 1 aromatic rings. The Labute approximate surface area is 114 Å². The molecule has 1 N–H and O–H groups in total. The number of carbonyl (C=O) groups is 1. The number of esters is 1. The number of benzene rings is 1. The van der Waals surface area contributed by atoms with Gasteiger partial charge in [-0.3, -0.25) is 0 Å². The molecule has 0 spiro atoms. The average molecular weight is 263 g/mol. The molecule has 1 aliphatic rings. The van der Waals surface area contributed by atoms with Gasteiger partial charge in [-0.05, 0) is 36.5 Å². The highest BCUT2D eigenvalue weighted by Gasteiger charge is 2.13. The summed E-state index contributed by atoms with van der Waals surface area (Å²) in [5, 5.41) is 3.44. The van der Waals surface area contributed by atoms with Crippen molar-refractivity contribution in [2.75, 3.05) is 26.9 Å². The van der Waals surface area contributed by atoms with Gasteiger partial charge in [0.05, 0.1) is 19.3 Å². The predicted octanol–water partition coefficient (Wildman–Crippen LogP) is 1.99. The Morgan fingerprint density at radius 3 is 2.84 bits per heavy atom. The molecule has 1 aromatic carbocycles. The molecule has 4 nitrogen and oxygen atoms in total. The van der Waals surface area contributed by atoms with Crippen molar-refractivity contribution < 1.29 is 14.3 Å². The highest BCUT2D eigenvalue weighted by molar-refractivity contribution is 5.89. The second-order valence-corrected chi connectivity index (χ2v) is 4.90. The largest absolute Gasteiger partial charge is 0.465 e. The number of hydrogen-bond acceptors (Lipinski definition) is 4. The molecular formula is C15H21NO3. The Bertz CT molecular complexity index is 396. The number of ether oxygens (including phenoxy) is 2. The minimum absolute atomic E-state index is 0.293.